The van der Waals surface area contributed by atoms with Crippen molar-refractivity contribution in [1.82, 2.24) is 5.16 Å². The van der Waals surface area contributed by atoms with Crippen LogP contribution in [0.4, 0.5) is 23.2 Å². The Hall–Kier alpha value is -2.05. The predicted molar refractivity (Wildman–Crippen MR) is 51.3 cm³/mol. The highest BCUT2D eigenvalue weighted by Crippen LogP contribution is 2.34. The maximum atomic E-state index is 13.2. The summed E-state index contributed by atoms with van der Waals surface area (Å²) in [5, 5.41) is 3.35. The first-order valence-corrected chi connectivity index (χ1v) is 4.47. The highest BCUT2D eigenvalue weighted by atomic mass is 19.4. The number of alkyl halides is 3. The van der Waals surface area contributed by atoms with E-state index in [-0.39, 0.29) is 17.0 Å². The fourth-order valence-electron chi connectivity index (χ4n) is 1.35. The standard InChI is InChI=1S/C10H6F4N2O/c11-7-3-5(9-8(15)4-16-17-9)1-2-6(7)10(12,13)14/h1-4H,15H2. The summed E-state index contributed by atoms with van der Waals surface area (Å²) in [7, 11) is 0. The minimum absolute atomic E-state index is 0.0395. The van der Waals surface area contributed by atoms with Crippen LogP contribution in [0.3, 0.4) is 0 Å². The molecule has 2 N–H and O–H groups in total. The van der Waals surface area contributed by atoms with E-state index in [4.69, 9.17) is 10.3 Å². The van der Waals surface area contributed by atoms with E-state index in [2.05, 4.69) is 5.16 Å². The molecule has 3 nitrogen and oxygen atoms in total. The van der Waals surface area contributed by atoms with Crippen LogP contribution in [-0.4, -0.2) is 5.16 Å². The second-order valence-electron chi connectivity index (χ2n) is 3.30. The molecule has 1 aromatic carbocycles. The number of hydrogen-bond acceptors (Lipinski definition) is 3. The van der Waals surface area contributed by atoms with Gasteiger partial charge in [-0.25, -0.2) is 4.39 Å². The molecule has 0 saturated heterocycles. The van der Waals surface area contributed by atoms with Gasteiger partial charge in [0.2, 0.25) is 0 Å². The summed E-state index contributed by atoms with van der Waals surface area (Å²) >= 11 is 0. The number of benzene rings is 1. The molecule has 0 aliphatic heterocycles. The zero-order chi connectivity index (χ0) is 12.6. The summed E-state index contributed by atoms with van der Waals surface area (Å²) in [6.07, 6.45) is -3.54. The number of anilines is 1. The molecule has 0 atom stereocenters. The van der Waals surface area contributed by atoms with E-state index in [0.717, 1.165) is 6.07 Å². The first-order valence-electron chi connectivity index (χ1n) is 4.47. The van der Waals surface area contributed by atoms with E-state index < -0.39 is 17.6 Å². The molecule has 0 saturated carbocycles. The molecule has 2 aromatic rings. The highest BCUT2D eigenvalue weighted by molar-refractivity contribution is 5.70. The Morgan fingerprint density at radius 1 is 1.24 bits per heavy atom. The van der Waals surface area contributed by atoms with Crippen LogP contribution in [0.2, 0.25) is 0 Å². The minimum atomic E-state index is -4.73. The monoisotopic (exact) mass is 246 g/mol. The van der Waals surface area contributed by atoms with E-state index in [9.17, 15) is 17.6 Å². The fraction of sp³-hybridized carbons (Fsp3) is 0.100. The lowest BCUT2D eigenvalue weighted by molar-refractivity contribution is -0.139. The predicted octanol–water partition coefficient (Wildman–Crippen LogP) is 3.08. The zero-order valence-corrected chi connectivity index (χ0v) is 8.25. The van der Waals surface area contributed by atoms with Crippen LogP contribution in [0.5, 0.6) is 0 Å². The molecule has 0 bridgehead atoms. The molecule has 2 rings (SSSR count). The average molecular weight is 246 g/mol. The average Bonchev–Trinajstić information content (AvgIpc) is 2.62. The van der Waals surface area contributed by atoms with Crippen LogP contribution in [0.25, 0.3) is 11.3 Å². The lowest BCUT2D eigenvalue weighted by Gasteiger charge is -2.08. The third-order valence-corrected chi connectivity index (χ3v) is 2.13. The third-order valence-electron chi connectivity index (χ3n) is 2.13. The Morgan fingerprint density at radius 2 is 1.94 bits per heavy atom. The van der Waals surface area contributed by atoms with Crippen molar-refractivity contribution >= 4 is 5.69 Å². The SMILES string of the molecule is Nc1cnoc1-c1ccc(C(F)(F)F)c(F)c1. The van der Waals surface area contributed by atoms with Gasteiger partial charge in [0.1, 0.15) is 11.5 Å². The van der Waals surface area contributed by atoms with Crippen LogP contribution in [0, 0.1) is 5.82 Å². The summed E-state index contributed by atoms with van der Waals surface area (Å²) < 4.78 is 54.9. The first kappa shape index (κ1) is 11.4. The Labute approximate surface area is 92.8 Å². The van der Waals surface area contributed by atoms with Crippen LogP contribution in [0.1, 0.15) is 5.56 Å². The summed E-state index contributed by atoms with van der Waals surface area (Å²) in [4.78, 5) is 0. The summed E-state index contributed by atoms with van der Waals surface area (Å²) in [6, 6.07) is 2.41. The van der Waals surface area contributed by atoms with E-state index in [1.54, 1.807) is 0 Å². The number of nitrogens with zero attached hydrogens (tertiary/aromatic N) is 1. The van der Waals surface area contributed by atoms with Crippen LogP contribution >= 0.6 is 0 Å². The van der Waals surface area contributed by atoms with E-state index in [1.807, 2.05) is 0 Å². The van der Waals surface area contributed by atoms with Crippen molar-refractivity contribution in [3.8, 4) is 11.3 Å². The van der Waals surface area contributed by atoms with Gasteiger partial charge in [-0.2, -0.15) is 13.2 Å². The lowest BCUT2D eigenvalue weighted by Crippen LogP contribution is -2.07. The normalized spacial score (nSPS) is 11.8. The number of hydrogen-bond donors (Lipinski definition) is 1. The molecule has 0 amide bonds. The van der Waals surface area contributed by atoms with E-state index >= 15 is 0 Å². The van der Waals surface area contributed by atoms with Gasteiger partial charge < -0.3 is 10.3 Å². The van der Waals surface area contributed by atoms with Crippen molar-refractivity contribution in [1.29, 1.82) is 0 Å². The third kappa shape index (κ3) is 2.08. The van der Waals surface area contributed by atoms with Crippen molar-refractivity contribution in [2.45, 2.75) is 6.18 Å². The Bertz CT molecular complexity index is 547. The number of rotatable bonds is 1. The van der Waals surface area contributed by atoms with E-state index in [0.29, 0.717) is 12.1 Å². The van der Waals surface area contributed by atoms with Gasteiger partial charge in [0.25, 0.3) is 0 Å². The van der Waals surface area contributed by atoms with Crippen molar-refractivity contribution in [2.24, 2.45) is 0 Å². The number of halogens is 4. The Balaban J connectivity index is 2.49. The molecule has 90 valence electrons. The van der Waals surface area contributed by atoms with Crippen molar-refractivity contribution in [2.75, 3.05) is 5.73 Å². The molecular weight excluding hydrogens is 240 g/mol. The smallest absolute Gasteiger partial charge is 0.394 e. The maximum Gasteiger partial charge on any atom is 0.419 e. The van der Waals surface area contributed by atoms with Crippen molar-refractivity contribution in [3.05, 3.63) is 35.8 Å². The number of aromatic nitrogens is 1. The highest BCUT2D eigenvalue weighted by Gasteiger charge is 2.34. The topological polar surface area (TPSA) is 52.0 Å². The van der Waals surface area contributed by atoms with Crippen LogP contribution < -0.4 is 5.73 Å². The van der Waals surface area contributed by atoms with Gasteiger partial charge in [-0.05, 0) is 12.1 Å². The lowest BCUT2D eigenvalue weighted by atomic mass is 10.1. The molecule has 0 aliphatic rings. The van der Waals surface area contributed by atoms with Gasteiger partial charge in [0, 0.05) is 5.56 Å². The van der Waals surface area contributed by atoms with Crippen molar-refractivity contribution in [3.63, 3.8) is 0 Å². The van der Waals surface area contributed by atoms with Crippen LogP contribution in [0.15, 0.2) is 28.9 Å². The van der Waals surface area contributed by atoms with Gasteiger partial charge in [-0.1, -0.05) is 11.2 Å². The largest absolute Gasteiger partial charge is 0.419 e. The molecule has 0 aliphatic carbocycles. The Kier molecular flexibility index (Phi) is 2.53. The molecule has 0 radical (unpaired) electrons. The van der Waals surface area contributed by atoms with Gasteiger partial charge in [-0.15, -0.1) is 0 Å². The summed E-state index contributed by atoms with van der Waals surface area (Å²) in [6.45, 7) is 0. The molecule has 0 fully saturated rings. The molecule has 0 unspecified atom stereocenters. The second kappa shape index (κ2) is 3.76. The number of nitrogens with two attached hydrogens (primary N) is 1. The molecule has 1 aromatic heterocycles. The van der Waals surface area contributed by atoms with Gasteiger partial charge >= 0.3 is 6.18 Å². The molecular formula is C10H6F4N2O. The fourth-order valence-corrected chi connectivity index (χ4v) is 1.35. The first-order chi connectivity index (χ1) is 7.89. The van der Waals surface area contributed by atoms with Gasteiger partial charge in [0.15, 0.2) is 5.76 Å². The quantitative estimate of drug-likeness (QED) is 0.786. The van der Waals surface area contributed by atoms with Gasteiger partial charge in [0.05, 0.1) is 11.8 Å². The van der Waals surface area contributed by atoms with Crippen molar-refractivity contribution < 1.29 is 22.1 Å². The van der Waals surface area contributed by atoms with Gasteiger partial charge in [-0.3, -0.25) is 0 Å². The summed E-state index contributed by atoms with van der Waals surface area (Å²) in [5.41, 5.74) is 4.34. The minimum Gasteiger partial charge on any atom is -0.394 e. The Morgan fingerprint density at radius 3 is 2.41 bits per heavy atom. The maximum absolute atomic E-state index is 13.2. The molecule has 1 heterocycles. The molecule has 7 heteroatoms. The van der Waals surface area contributed by atoms with E-state index in [1.165, 1.54) is 6.20 Å². The van der Waals surface area contributed by atoms with Crippen LogP contribution in [-0.2, 0) is 6.18 Å². The molecule has 17 heavy (non-hydrogen) atoms. The number of nitrogen functional groups attached to an aromatic ring is 1. The molecule has 0 spiro atoms. The second-order valence-corrected chi connectivity index (χ2v) is 3.30. The summed E-state index contributed by atoms with van der Waals surface area (Å²) in [5.74, 6) is -1.34. The zero-order valence-electron chi connectivity index (χ0n) is 8.25.